The van der Waals surface area contributed by atoms with Crippen molar-refractivity contribution in [3.05, 3.63) is 11.5 Å². The fourth-order valence-corrected chi connectivity index (χ4v) is 2.18. The van der Waals surface area contributed by atoms with E-state index in [9.17, 15) is 0 Å². The minimum atomic E-state index is 0.341. The molecule has 0 unspecified atom stereocenters. The fourth-order valence-electron chi connectivity index (χ4n) is 2.18. The second-order valence-corrected chi connectivity index (χ2v) is 4.70. The van der Waals surface area contributed by atoms with Gasteiger partial charge in [0.05, 0.1) is 12.2 Å². The summed E-state index contributed by atoms with van der Waals surface area (Å²) < 4.78 is 1.97. The zero-order chi connectivity index (χ0) is 13.0. The number of hydrogen-bond donors (Lipinski definition) is 1. The van der Waals surface area contributed by atoms with Gasteiger partial charge >= 0.3 is 0 Å². The van der Waals surface area contributed by atoms with Crippen molar-refractivity contribution < 1.29 is 0 Å². The Kier molecular flexibility index (Phi) is 4.62. The zero-order valence-electron chi connectivity index (χ0n) is 11.3. The average molecular weight is 233 g/mol. The molecular weight excluding hydrogens is 210 g/mol. The number of anilines is 1. The summed E-state index contributed by atoms with van der Waals surface area (Å²) in [5.74, 6) is 5.18. The number of rotatable bonds is 5. The normalized spacial score (nSPS) is 11.1. The summed E-state index contributed by atoms with van der Waals surface area (Å²) in [7, 11) is 0. The first-order valence-electron chi connectivity index (χ1n) is 6.35. The number of terminal acetylenes is 1. The number of imidazole rings is 1. The Bertz CT molecular complexity index is 406. The van der Waals surface area contributed by atoms with Crippen LogP contribution < -0.4 is 5.73 Å². The van der Waals surface area contributed by atoms with Crippen molar-refractivity contribution in [1.82, 2.24) is 9.55 Å². The highest BCUT2D eigenvalue weighted by molar-refractivity contribution is 5.41. The van der Waals surface area contributed by atoms with Crippen LogP contribution in [0.15, 0.2) is 0 Å². The van der Waals surface area contributed by atoms with E-state index in [1.54, 1.807) is 0 Å². The highest BCUT2D eigenvalue weighted by Gasteiger charge is 2.21. The molecule has 2 N–H and O–H groups in total. The van der Waals surface area contributed by atoms with Gasteiger partial charge in [-0.15, -0.1) is 6.42 Å². The van der Waals surface area contributed by atoms with Gasteiger partial charge in [-0.3, -0.25) is 0 Å². The largest absolute Gasteiger partial charge is 0.384 e. The SMILES string of the molecule is C#CCn1c(C(C)C)nc(C(CC)CC)c1N. The molecule has 0 saturated carbocycles. The number of nitrogen functional groups attached to an aromatic ring is 1. The molecule has 0 aliphatic heterocycles. The molecule has 17 heavy (non-hydrogen) atoms. The Morgan fingerprint density at radius 2 is 1.94 bits per heavy atom. The Morgan fingerprint density at radius 3 is 2.35 bits per heavy atom. The molecule has 0 fully saturated rings. The van der Waals surface area contributed by atoms with Crippen LogP contribution in [0.2, 0.25) is 0 Å². The van der Waals surface area contributed by atoms with E-state index in [4.69, 9.17) is 17.1 Å². The maximum atomic E-state index is 6.18. The molecule has 0 radical (unpaired) electrons. The lowest BCUT2D eigenvalue weighted by atomic mass is 9.99. The van der Waals surface area contributed by atoms with Gasteiger partial charge in [-0.25, -0.2) is 4.98 Å². The second kappa shape index (κ2) is 5.77. The highest BCUT2D eigenvalue weighted by atomic mass is 15.1. The van der Waals surface area contributed by atoms with Crippen molar-refractivity contribution in [2.75, 3.05) is 5.73 Å². The van der Waals surface area contributed by atoms with Gasteiger partial charge in [0.2, 0.25) is 0 Å². The molecule has 0 aromatic carbocycles. The van der Waals surface area contributed by atoms with Gasteiger partial charge in [0.1, 0.15) is 11.6 Å². The minimum absolute atomic E-state index is 0.341. The van der Waals surface area contributed by atoms with Crippen LogP contribution in [0.5, 0.6) is 0 Å². The van der Waals surface area contributed by atoms with Gasteiger partial charge in [0.15, 0.2) is 0 Å². The molecule has 0 spiro atoms. The number of nitrogens with zero attached hydrogens (tertiary/aromatic N) is 2. The van der Waals surface area contributed by atoms with Crippen LogP contribution in [0, 0.1) is 12.3 Å². The Hall–Kier alpha value is -1.43. The topological polar surface area (TPSA) is 43.8 Å². The third-order valence-electron chi connectivity index (χ3n) is 3.20. The van der Waals surface area contributed by atoms with Gasteiger partial charge in [-0.1, -0.05) is 33.6 Å². The highest BCUT2D eigenvalue weighted by Crippen LogP contribution is 2.30. The molecule has 0 atom stereocenters. The van der Waals surface area contributed by atoms with E-state index in [-0.39, 0.29) is 0 Å². The molecule has 0 saturated heterocycles. The lowest BCUT2D eigenvalue weighted by Gasteiger charge is -2.10. The minimum Gasteiger partial charge on any atom is -0.384 e. The summed E-state index contributed by atoms with van der Waals surface area (Å²) in [6.45, 7) is 9.08. The van der Waals surface area contributed by atoms with Crippen LogP contribution in [-0.2, 0) is 6.54 Å². The van der Waals surface area contributed by atoms with Gasteiger partial charge < -0.3 is 10.3 Å². The van der Waals surface area contributed by atoms with Crippen LogP contribution in [0.25, 0.3) is 0 Å². The Balaban J connectivity index is 3.26. The van der Waals surface area contributed by atoms with E-state index in [0.717, 1.165) is 30.2 Å². The van der Waals surface area contributed by atoms with Crippen LogP contribution >= 0.6 is 0 Å². The van der Waals surface area contributed by atoms with E-state index in [1.807, 2.05) is 4.57 Å². The first-order valence-corrected chi connectivity index (χ1v) is 6.35. The van der Waals surface area contributed by atoms with E-state index >= 15 is 0 Å². The number of aromatic nitrogens is 2. The van der Waals surface area contributed by atoms with Crippen molar-refractivity contribution in [3.8, 4) is 12.3 Å². The summed E-state index contributed by atoms with van der Waals surface area (Å²) in [4.78, 5) is 4.71. The Labute approximate surface area is 104 Å². The van der Waals surface area contributed by atoms with Crippen LogP contribution in [0.3, 0.4) is 0 Å². The van der Waals surface area contributed by atoms with Gasteiger partial charge in [-0.05, 0) is 12.8 Å². The average Bonchev–Trinajstić information content (AvgIpc) is 2.61. The maximum absolute atomic E-state index is 6.18. The van der Waals surface area contributed by atoms with Crippen LogP contribution in [0.1, 0.15) is 63.9 Å². The predicted octanol–water partition coefficient (Wildman–Crippen LogP) is 3.13. The van der Waals surface area contributed by atoms with Gasteiger partial charge in [-0.2, -0.15) is 0 Å². The molecule has 0 aliphatic carbocycles. The monoisotopic (exact) mass is 233 g/mol. The van der Waals surface area contributed by atoms with E-state index < -0.39 is 0 Å². The van der Waals surface area contributed by atoms with Crippen molar-refractivity contribution >= 4 is 5.82 Å². The summed E-state index contributed by atoms with van der Waals surface area (Å²) in [5.41, 5.74) is 7.21. The van der Waals surface area contributed by atoms with Gasteiger partial charge in [0.25, 0.3) is 0 Å². The molecule has 1 aromatic rings. The quantitative estimate of drug-likeness (QED) is 0.794. The molecular formula is C14H23N3. The van der Waals surface area contributed by atoms with E-state index in [0.29, 0.717) is 18.4 Å². The molecule has 1 heterocycles. The second-order valence-electron chi connectivity index (χ2n) is 4.70. The van der Waals surface area contributed by atoms with Gasteiger partial charge in [0, 0.05) is 11.8 Å². The summed E-state index contributed by atoms with van der Waals surface area (Å²) >= 11 is 0. The Morgan fingerprint density at radius 1 is 1.35 bits per heavy atom. The molecule has 1 aromatic heterocycles. The molecule has 1 rings (SSSR count). The standard InChI is InChI=1S/C14H23N3/c1-6-9-17-13(15)12(11(7-2)8-3)16-14(17)10(4)5/h1,10-11H,7-9,15H2,2-5H3. The molecule has 0 amide bonds. The summed E-state index contributed by atoms with van der Waals surface area (Å²) in [5, 5.41) is 0. The fraction of sp³-hybridized carbons (Fsp3) is 0.643. The lowest BCUT2D eigenvalue weighted by molar-refractivity contribution is 0.624. The number of hydrogen-bond acceptors (Lipinski definition) is 2. The van der Waals surface area contributed by atoms with Crippen molar-refractivity contribution in [1.29, 1.82) is 0 Å². The third kappa shape index (κ3) is 2.63. The molecule has 3 nitrogen and oxygen atoms in total. The summed E-state index contributed by atoms with van der Waals surface area (Å²) in [6.07, 6.45) is 7.52. The lowest BCUT2D eigenvalue weighted by Crippen LogP contribution is -2.08. The molecule has 3 heteroatoms. The van der Waals surface area contributed by atoms with Crippen molar-refractivity contribution in [2.24, 2.45) is 0 Å². The van der Waals surface area contributed by atoms with E-state index in [1.165, 1.54) is 0 Å². The zero-order valence-corrected chi connectivity index (χ0v) is 11.3. The van der Waals surface area contributed by atoms with E-state index in [2.05, 4.69) is 33.6 Å². The molecule has 0 aliphatic rings. The smallest absolute Gasteiger partial charge is 0.127 e. The maximum Gasteiger partial charge on any atom is 0.127 e. The van der Waals surface area contributed by atoms with Crippen LogP contribution in [0.4, 0.5) is 5.82 Å². The summed E-state index contributed by atoms with van der Waals surface area (Å²) in [6, 6.07) is 0. The third-order valence-corrected chi connectivity index (χ3v) is 3.20. The van der Waals surface area contributed by atoms with Crippen molar-refractivity contribution in [3.63, 3.8) is 0 Å². The molecule has 94 valence electrons. The van der Waals surface area contributed by atoms with Crippen molar-refractivity contribution in [2.45, 2.75) is 58.9 Å². The first-order chi connectivity index (χ1) is 8.06. The first kappa shape index (κ1) is 13.6. The predicted molar refractivity (Wildman–Crippen MR) is 72.9 cm³/mol. The van der Waals surface area contributed by atoms with Crippen LogP contribution in [-0.4, -0.2) is 9.55 Å². The number of nitrogens with two attached hydrogens (primary N) is 1. The molecule has 0 bridgehead atoms.